The van der Waals surface area contributed by atoms with E-state index >= 15 is 0 Å². The summed E-state index contributed by atoms with van der Waals surface area (Å²) in [6.45, 7) is 9.00. The predicted octanol–water partition coefficient (Wildman–Crippen LogP) is 4.03. The van der Waals surface area contributed by atoms with Crippen molar-refractivity contribution in [2.75, 3.05) is 31.5 Å². The molecule has 26 heavy (non-hydrogen) atoms. The molecule has 0 bridgehead atoms. The first-order valence-electron chi connectivity index (χ1n) is 9.17. The van der Waals surface area contributed by atoms with E-state index in [9.17, 15) is 5.11 Å². The summed E-state index contributed by atoms with van der Waals surface area (Å²) in [4.78, 5) is 4.62. The van der Waals surface area contributed by atoms with Gasteiger partial charge in [-0.15, -0.1) is 0 Å². The summed E-state index contributed by atoms with van der Waals surface area (Å²) in [6.07, 6.45) is 0. The molecular weight excluding hydrogens is 342 g/mol. The normalized spacial score (nSPS) is 15.3. The van der Waals surface area contributed by atoms with E-state index in [1.165, 1.54) is 5.56 Å². The van der Waals surface area contributed by atoms with Crippen molar-refractivity contribution in [2.24, 2.45) is 0 Å². The van der Waals surface area contributed by atoms with Crippen LogP contribution >= 0.6 is 12.2 Å². The molecule has 0 aliphatic carbocycles. The van der Waals surface area contributed by atoms with Crippen LogP contribution in [0.2, 0.25) is 0 Å². The predicted molar refractivity (Wildman–Crippen MR) is 112 cm³/mol. The molecule has 3 rings (SSSR count). The number of thiocarbonyl (C=S) groups is 1. The van der Waals surface area contributed by atoms with E-state index in [0.29, 0.717) is 11.7 Å². The number of phenols is 1. The van der Waals surface area contributed by atoms with Crippen LogP contribution in [0, 0.1) is 0 Å². The van der Waals surface area contributed by atoms with Crippen LogP contribution in [0.5, 0.6) is 5.75 Å². The third-order valence-electron chi connectivity index (χ3n) is 4.80. The van der Waals surface area contributed by atoms with E-state index in [0.717, 1.165) is 49.1 Å². The molecule has 1 aliphatic heterocycles. The number of benzene rings is 2. The van der Waals surface area contributed by atoms with Crippen molar-refractivity contribution in [3.63, 3.8) is 0 Å². The van der Waals surface area contributed by atoms with Crippen LogP contribution in [0.3, 0.4) is 0 Å². The topological polar surface area (TPSA) is 38.7 Å². The molecule has 1 heterocycles. The van der Waals surface area contributed by atoms with Gasteiger partial charge in [-0.2, -0.15) is 0 Å². The molecule has 2 N–H and O–H groups in total. The van der Waals surface area contributed by atoms with Crippen molar-refractivity contribution in [2.45, 2.75) is 26.3 Å². The molecule has 0 radical (unpaired) electrons. The van der Waals surface area contributed by atoms with Gasteiger partial charge in [0.15, 0.2) is 5.11 Å². The maximum atomic E-state index is 9.59. The molecule has 1 saturated heterocycles. The highest BCUT2D eigenvalue weighted by Crippen LogP contribution is 2.18. The Labute approximate surface area is 161 Å². The number of hydrogen-bond acceptors (Lipinski definition) is 3. The zero-order chi connectivity index (χ0) is 18.5. The van der Waals surface area contributed by atoms with Crippen LogP contribution in [0.1, 0.15) is 30.9 Å². The second-order valence-electron chi connectivity index (χ2n) is 7.14. The highest BCUT2D eigenvalue weighted by atomic mass is 32.1. The van der Waals surface area contributed by atoms with Crippen molar-refractivity contribution in [3.8, 4) is 5.75 Å². The lowest BCUT2D eigenvalue weighted by atomic mass is 10.0. The smallest absolute Gasteiger partial charge is 0.173 e. The summed E-state index contributed by atoms with van der Waals surface area (Å²) in [5.74, 6) is 0.866. The quantitative estimate of drug-likeness (QED) is 0.796. The molecule has 4 nitrogen and oxygen atoms in total. The van der Waals surface area contributed by atoms with Gasteiger partial charge < -0.3 is 15.3 Å². The number of rotatable bonds is 4. The van der Waals surface area contributed by atoms with Crippen molar-refractivity contribution in [3.05, 3.63) is 59.7 Å². The number of aromatic hydroxyl groups is 1. The number of anilines is 1. The molecule has 2 aromatic rings. The molecule has 0 spiro atoms. The Morgan fingerprint density at radius 2 is 1.77 bits per heavy atom. The minimum atomic E-state index is 0.329. The molecule has 2 aromatic carbocycles. The molecule has 0 saturated carbocycles. The minimum absolute atomic E-state index is 0.329. The molecule has 5 heteroatoms. The Hall–Kier alpha value is -2.11. The second-order valence-corrected chi connectivity index (χ2v) is 7.53. The van der Waals surface area contributed by atoms with E-state index in [1.807, 2.05) is 12.1 Å². The molecule has 0 amide bonds. The maximum absolute atomic E-state index is 9.59. The van der Waals surface area contributed by atoms with E-state index in [1.54, 1.807) is 6.07 Å². The summed E-state index contributed by atoms with van der Waals surface area (Å²) in [6, 6.07) is 16.0. The van der Waals surface area contributed by atoms with E-state index in [4.69, 9.17) is 12.2 Å². The second kappa shape index (κ2) is 8.52. The Morgan fingerprint density at radius 3 is 2.38 bits per heavy atom. The van der Waals surface area contributed by atoms with Crippen LogP contribution in [0.25, 0.3) is 0 Å². The highest BCUT2D eigenvalue weighted by molar-refractivity contribution is 7.80. The van der Waals surface area contributed by atoms with E-state index in [-0.39, 0.29) is 0 Å². The average Bonchev–Trinajstić information content (AvgIpc) is 2.63. The lowest BCUT2D eigenvalue weighted by Gasteiger charge is -2.36. The van der Waals surface area contributed by atoms with Crippen molar-refractivity contribution < 1.29 is 5.11 Å². The first-order chi connectivity index (χ1) is 12.5. The van der Waals surface area contributed by atoms with Gasteiger partial charge in [0.2, 0.25) is 0 Å². The lowest BCUT2D eigenvalue weighted by Crippen LogP contribution is -2.49. The largest absolute Gasteiger partial charge is 0.508 e. The number of hydrogen-bond donors (Lipinski definition) is 2. The van der Waals surface area contributed by atoms with Crippen molar-refractivity contribution in [1.82, 2.24) is 9.80 Å². The molecule has 1 aliphatic rings. The van der Waals surface area contributed by atoms with Gasteiger partial charge in [-0.1, -0.05) is 38.1 Å². The van der Waals surface area contributed by atoms with E-state index in [2.05, 4.69) is 59.3 Å². The van der Waals surface area contributed by atoms with Crippen LogP contribution in [-0.2, 0) is 6.54 Å². The van der Waals surface area contributed by atoms with Gasteiger partial charge in [0.05, 0.1) is 0 Å². The monoisotopic (exact) mass is 369 g/mol. The Morgan fingerprint density at radius 1 is 1.08 bits per heavy atom. The fraction of sp³-hybridized carbons (Fsp3) is 0.381. The highest BCUT2D eigenvalue weighted by Gasteiger charge is 2.19. The van der Waals surface area contributed by atoms with E-state index < -0.39 is 0 Å². The molecule has 0 atom stereocenters. The Kier molecular flexibility index (Phi) is 6.12. The van der Waals surface area contributed by atoms with Crippen LogP contribution in [-0.4, -0.2) is 46.2 Å². The fourth-order valence-electron chi connectivity index (χ4n) is 3.18. The van der Waals surface area contributed by atoms with Gasteiger partial charge in [-0.05, 0) is 53.5 Å². The number of phenolic OH excluding ortho intramolecular Hbond substituents is 1. The average molecular weight is 370 g/mol. The van der Waals surface area contributed by atoms with Gasteiger partial charge in [0, 0.05) is 38.4 Å². The fourth-order valence-corrected chi connectivity index (χ4v) is 3.48. The van der Waals surface area contributed by atoms with Gasteiger partial charge in [0.1, 0.15) is 5.75 Å². The first-order valence-corrected chi connectivity index (χ1v) is 9.58. The van der Waals surface area contributed by atoms with Gasteiger partial charge >= 0.3 is 0 Å². The third kappa shape index (κ3) is 4.96. The zero-order valence-corrected chi connectivity index (χ0v) is 16.3. The number of nitrogens with zero attached hydrogens (tertiary/aromatic N) is 2. The maximum Gasteiger partial charge on any atom is 0.173 e. The Bertz CT molecular complexity index is 737. The van der Waals surface area contributed by atoms with Crippen molar-refractivity contribution >= 4 is 23.0 Å². The summed E-state index contributed by atoms with van der Waals surface area (Å²) in [5, 5.41) is 13.7. The minimum Gasteiger partial charge on any atom is -0.508 e. The standard InChI is InChI=1S/C21H27N3OS/c1-16(2)18-6-8-19(9-7-18)22-21(26)24-12-10-23(11-13-24)15-17-4-3-5-20(25)14-17/h3-9,14,16,25H,10-13,15H2,1-2H3,(H,22,26). The summed E-state index contributed by atoms with van der Waals surface area (Å²) >= 11 is 5.59. The third-order valence-corrected chi connectivity index (χ3v) is 5.17. The number of nitrogens with one attached hydrogen (secondary N) is 1. The van der Waals surface area contributed by atoms with Crippen LogP contribution in [0.15, 0.2) is 48.5 Å². The number of piperazine rings is 1. The zero-order valence-electron chi connectivity index (χ0n) is 15.5. The molecule has 1 fully saturated rings. The lowest BCUT2D eigenvalue weighted by molar-refractivity contribution is 0.177. The summed E-state index contributed by atoms with van der Waals surface area (Å²) in [7, 11) is 0. The Balaban J connectivity index is 1.48. The molecule has 0 aromatic heterocycles. The van der Waals surface area contributed by atoms with Gasteiger partial charge in [-0.25, -0.2) is 0 Å². The molecular formula is C21H27N3OS. The van der Waals surface area contributed by atoms with Gasteiger partial charge in [-0.3, -0.25) is 4.90 Å². The summed E-state index contributed by atoms with van der Waals surface area (Å²) in [5.41, 5.74) is 3.52. The van der Waals surface area contributed by atoms with Crippen LogP contribution in [0.4, 0.5) is 5.69 Å². The molecule has 138 valence electrons. The SMILES string of the molecule is CC(C)c1ccc(NC(=S)N2CCN(Cc3cccc(O)c3)CC2)cc1. The van der Waals surface area contributed by atoms with Crippen molar-refractivity contribution in [1.29, 1.82) is 0 Å². The first kappa shape index (κ1) is 18.7. The van der Waals surface area contributed by atoms with Gasteiger partial charge in [0.25, 0.3) is 0 Å². The summed E-state index contributed by atoms with van der Waals surface area (Å²) < 4.78 is 0. The van der Waals surface area contributed by atoms with Crippen LogP contribution < -0.4 is 5.32 Å². The molecule has 0 unspecified atom stereocenters.